The fourth-order valence-electron chi connectivity index (χ4n) is 2.35. The van der Waals surface area contributed by atoms with Crippen LogP contribution in [0.4, 0.5) is 20.3 Å². The fourth-order valence-corrected chi connectivity index (χ4v) is 2.35. The highest BCUT2D eigenvalue weighted by atomic mass is 19.2. The summed E-state index contributed by atoms with van der Waals surface area (Å²) in [6, 6.07) is 14.0. The van der Waals surface area contributed by atoms with Gasteiger partial charge in [-0.1, -0.05) is 12.1 Å². The van der Waals surface area contributed by atoms with E-state index in [-0.39, 0.29) is 5.56 Å². The van der Waals surface area contributed by atoms with Crippen LogP contribution in [0, 0.1) is 11.6 Å². The standard InChI is InChI=1S/C20H17F2N3O2/c1-27-16-6-2-13(3-7-16)11-23-19-9-5-15(12-24-19)25-20(26)14-4-8-17(21)18(22)10-14/h2-10,12H,11H2,1H3,(H,23,24)(H,25,26). The van der Waals surface area contributed by atoms with Crippen molar-refractivity contribution in [2.75, 3.05) is 17.7 Å². The first-order valence-electron chi connectivity index (χ1n) is 8.14. The summed E-state index contributed by atoms with van der Waals surface area (Å²) >= 11 is 0. The summed E-state index contributed by atoms with van der Waals surface area (Å²) in [5.74, 6) is -1.19. The lowest BCUT2D eigenvalue weighted by atomic mass is 10.2. The van der Waals surface area contributed by atoms with Crippen molar-refractivity contribution in [3.63, 3.8) is 0 Å². The topological polar surface area (TPSA) is 63.2 Å². The van der Waals surface area contributed by atoms with Crippen LogP contribution in [0.3, 0.4) is 0 Å². The van der Waals surface area contributed by atoms with Crippen molar-refractivity contribution in [1.29, 1.82) is 0 Å². The maximum absolute atomic E-state index is 13.2. The molecule has 5 nitrogen and oxygen atoms in total. The summed E-state index contributed by atoms with van der Waals surface area (Å²) in [6.45, 7) is 0.581. The minimum atomic E-state index is -1.07. The number of amides is 1. The van der Waals surface area contributed by atoms with Crippen LogP contribution >= 0.6 is 0 Å². The van der Waals surface area contributed by atoms with Crippen LogP contribution in [0.2, 0.25) is 0 Å². The van der Waals surface area contributed by atoms with Crippen molar-refractivity contribution in [3.05, 3.63) is 83.6 Å². The Morgan fingerprint density at radius 3 is 2.44 bits per heavy atom. The quantitative estimate of drug-likeness (QED) is 0.682. The highest BCUT2D eigenvalue weighted by Crippen LogP contribution is 2.15. The van der Waals surface area contributed by atoms with Gasteiger partial charge < -0.3 is 15.4 Å². The van der Waals surface area contributed by atoms with Gasteiger partial charge in [-0.05, 0) is 48.0 Å². The molecule has 0 aliphatic heterocycles. The van der Waals surface area contributed by atoms with Crippen LogP contribution in [-0.2, 0) is 6.54 Å². The van der Waals surface area contributed by atoms with Gasteiger partial charge in [-0.3, -0.25) is 4.79 Å². The van der Waals surface area contributed by atoms with Gasteiger partial charge in [-0.25, -0.2) is 13.8 Å². The second-order valence-corrected chi connectivity index (χ2v) is 5.72. The first-order valence-corrected chi connectivity index (χ1v) is 8.14. The molecular formula is C20H17F2N3O2. The lowest BCUT2D eigenvalue weighted by Crippen LogP contribution is -2.12. The molecule has 0 saturated heterocycles. The molecule has 3 aromatic rings. The van der Waals surface area contributed by atoms with E-state index in [1.165, 1.54) is 12.3 Å². The molecule has 0 radical (unpaired) electrons. The SMILES string of the molecule is COc1ccc(CNc2ccc(NC(=O)c3ccc(F)c(F)c3)cn2)cc1. The summed E-state index contributed by atoms with van der Waals surface area (Å²) in [6.07, 6.45) is 1.48. The third-order valence-electron chi connectivity index (χ3n) is 3.84. The Morgan fingerprint density at radius 2 is 1.81 bits per heavy atom. The molecule has 7 heteroatoms. The number of hydrogen-bond acceptors (Lipinski definition) is 4. The molecule has 0 bridgehead atoms. The Morgan fingerprint density at radius 1 is 1.04 bits per heavy atom. The summed E-state index contributed by atoms with van der Waals surface area (Å²) < 4.78 is 31.3. The summed E-state index contributed by atoms with van der Waals surface area (Å²) in [5, 5.41) is 5.75. The molecule has 0 spiro atoms. The molecule has 0 aliphatic rings. The monoisotopic (exact) mass is 369 g/mol. The second-order valence-electron chi connectivity index (χ2n) is 5.72. The van der Waals surface area contributed by atoms with E-state index in [0.29, 0.717) is 18.1 Å². The minimum absolute atomic E-state index is 0.0237. The molecule has 0 unspecified atom stereocenters. The predicted molar refractivity (Wildman–Crippen MR) is 98.9 cm³/mol. The van der Waals surface area contributed by atoms with Gasteiger partial charge in [0.1, 0.15) is 11.6 Å². The number of carbonyl (C=O) groups excluding carboxylic acids is 1. The van der Waals surface area contributed by atoms with Gasteiger partial charge in [-0.15, -0.1) is 0 Å². The van der Waals surface area contributed by atoms with Crippen molar-refractivity contribution >= 4 is 17.4 Å². The largest absolute Gasteiger partial charge is 0.497 e. The van der Waals surface area contributed by atoms with Crippen molar-refractivity contribution < 1.29 is 18.3 Å². The van der Waals surface area contributed by atoms with Crippen LogP contribution in [0.5, 0.6) is 5.75 Å². The highest BCUT2D eigenvalue weighted by molar-refractivity contribution is 6.04. The summed E-state index contributed by atoms with van der Waals surface area (Å²) in [4.78, 5) is 16.3. The van der Waals surface area contributed by atoms with Gasteiger partial charge in [0.25, 0.3) is 5.91 Å². The zero-order valence-corrected chi connectivity index (χ0v) is 14.5. The van der Waals surface area contributed by atoms with E-state index in [9.17, 15) is 13.6 Å². The van der Waals surface area contributed by atoms with Crippen molar-refractivity contribution in [3.8, 4) is 5.75 Å². The normalized spacial score (nSPS) is 10.3. The molecule has 0 saturated carbocycles. The first-order chi connectivity index (χ1) is 13.0. The number of pyridine rings is 1. The number of carbonyl (C=O) groups is 1. The van der Waals surface area contributed by atoms with E-state index >= 15 is 0 Å². The minimum Gasteiger partial charge on any atom is -0.497 e. The summed E-state index contributed by atoms with van der Waals surface area (Å²) in [5.41, 5.74) is 1.53. The van der Waals surface area contributed by atoms with E-state index in [1.807, 2.05) is 24.3 Å². The van der Waals surface area contributed by atoms with Gasteiger partial charge in [-0.2, -0.15) is 0 Å². The molecular weight excluding hydrogens is 352 g/mol. The maximum atomic E-state index is 13.2. The Kier molecular flexibility index (Phi) is 5.61. The van der Waals surface area contributed by atoms with Crippen LogP contribution in [0.25, 0.3) is 0 Å². The summed E-state index contributed by atoms with van der Waals surface area (Å²) in [7, 11) is 1.62. The van der Waals surface area contributed by atoms with E-state index < -0.39 is 17.5 Å². The van der Waals surface area contributed by atoms with Crippen LogP contribution in [-0.4, -0.2) is 18.0 Å². The van der Waals surface area contributed by atoms with Crippen molar-refractivity contribution in [1.82, 2.24) is 4.98 Å². The molecule has 0 fully saturated rings. The Balaban J connectivity index is 1.57. The van der Waals surface area contributed by atoms with Gasteiger partial charge in [0.15, 0.2) is 11.6 Å². The third kappa shape index (κ3) is 4.78. The molecule has 2 aromatic carbocycles. The van der Waals surface area contributed by atoms with Gasteiger partial charge in [0, 0.05) is 12.1 Å². The van der Waals surface area contributed by atoms with E-state index in [2.05, 4.69) is 15.6 Å². The Bertz CT molecular complexity index is 929. The molecule has 27 heavy (non-hydrogen) atoms. The zero-order chi connectivity index (χ0) is 19.2. The number of ether oxygens (including phenoxy) is 1. The number of rotatable bonds is 6. The predicted octanol–water partition coefficient (Wildman–Crippen LogP) is 4.23. The lowest BCUT2D eigenvalue weighted by molar-refractivity contribution is 0.102. The zero-order valence-electron chi connectivity index (χ0n) is 14.5. The molecule has 3 rings (SSSR count). The molecule has 1 amide bonds. The van der Waals surface area contributed by atoms with Crippen molar-refractivity contribution in [2.45, 2.75) is 6.54 Å². The molecule has 2 N–H and O–H groups in total. The molecule has 0 aliphatic carbocycles. The number of benzene rings is 2. The van der Waals surface area contributed by atoms with Gasteiger partial charge in [0.2, 0.25) is 0 Å². The molecule has 1 aromatic heterocycles. The number of halogens is 2. The molecule has 0 atom stereocenters. The molecule has 1 heterocycles. The molecule has 138 valence electrons. The lowest BCUT2D eigenvalue weighted by Gasteiger charge is -2.09. The maximum Gasteiger partial charge on any atom is 0.255 e. The number of nitrogens with one attached hydrogen (secondary N) is 2. The van der Waals surface area contributed by atoms with Crippen LogP contribution in [0.1, 0.15) is 15.9 Å². The van der Waals surface area contributed by atoms with Crippen LogP contribution in [0.15, 0.2) is 60.8 Å². The van der Waals surface area contributed by atoms with E-state index in [1.54, 1.807) is 19.2 Å². The number of methoxy groups -OCH3 is 1. The van der Waals surface area contributed by atoms with Crippen molar-refractivity contribution in [2.24, 2.45) is 0 Å². The number of aromatic nitrogens is 1. The second kappa shape index (κ2) is 8.27. The van der Waals surface area contributed by atoms with E-state index in [0.717, 1.165) is 23.4 Å². The Hall–Kier alpha value is -3.48. The fraction of sp³-hybridized carbons (Fsp3) is 0.100. The van der Waals surface area contributed by atoms with Gasteiger partial charge in [0.05, 0.1) is 19.0 Å². The number of nitrogens with zero attached hydrogens (tertiary/aromatic N) is 1. The van der Waals surface area contributed by atoms with Crippen LogP contribution < -0.4 is 15.4 Å². The smallest absolute Gasteiger partial charge is 0.255 e. The average molecular weight is 369 g/mol. The first kappa shape index (κ1) is 18.3. The Labute approximate surface area is 155 Å². The van der Waals surface area contributed by atoms with Gasteiger partial charge >= 0.3 is 0 Å². The average Bonchev–Trinajstić information content (AvgIpc) is 2.70. The highest BCUT2D eigenvalue weighted by Gasteiger charge is 2.10. The number of hydrogen-bond donors (Lipinski definition) is 2. The third-order valence-corrected chi connectivity index (χ3v) is 3.84. The number of anilines is 2. The van der Waals surface area contributed by atoms with E-state index in [4.69, 9.17) is 4.74 Å².